The summed E-state index contributed by atoms with van der Waals surface area (Å²) in [5.74, 6) is -2.50. The van der Waals surface area contributed by atoms with Crippen molar-refractivity contribution < 1.29 is 27.9 Å². The van der Waals surface area contributed by atoms with E-state index in [9.17, 15) is 23.2 Å². The zero-order valence-corrected chi connectivity index (χ0v) is 14.5. The molecule has 1 saturated heterocycles. The van der Waals surface area contributed by atoms with E-state index in [0.717, 1.165) is 23.1 Å². The van der Waals surface area contributed by atoms with Crippen molar-refractivity contribution in [2.24, 2.45) is 0 Å². The van der Waals surface area contributed by atoms with Crippen LogP contribution in [0.25, 0.3) is 0 Å². The first-order valence-corrected chi connectivity index (χ1v) is 8.52. The maximum absolute atomic E-state index is 13.7. The molecule has 0 saturated carbocycles. The molecular formula is C19H15F2N3O4. The Bertz CT molecular complexity index is 997. The Balaban J connectivity index is 1.56. The molecule has 4 rings (SSSR count). The Hall–Kier alpha value is -3.49. The van der Waals surface area contributed by atoms with Crippen LogP contribution in [0.3, 0.4) is 0 Å². The van der Waals surface area contributed by atoms with Gasteiger partial charge >= 0.3 is 6.03 Å². The predicted molar refractivity (Wildman–Crippen MR) is 93.5 cm³/mol. The topological polar surface area (TPSA) is 87.7 Å². The number of carbonyl (C=O) groups is 3. The molecule has 0 radical (unpaired) electrons. The van der Waals surface area contributed by atoms with E-state index in [4.69, 9.17) is 4.74 Å². The van der Waals surface area contributed by atoms with Gasteiger partial charge in [-0.1, -0.05) is 18.2 Å². The number of benzene rings is 2. The van der Waals surface area contributed by atoms with Gasteiger partial charge in [0.15, 0.2) is 5.54 Å². The van der Waals surface area contributed by atoms with Crippen LogP contribution in [0.4, 0.5) is 19.3 Å². The zero-order valence-electron chi connectivity index (χ0n) is 14.5. The van der Waals surface area contributed by atoms with Crippen LogP contribution in [-0.2, 0) is 15.1 Å². The third kappa shape index (κ3) is 2.84. The Morgan fingerprint density at radius 3 is 2.82 bits per heavy atom. The van der Waals surface area contributed by atoms with Gasteiger partial charge in [0.1, 0.15) is 23.9 Å². The second-order valence-electron chi connectivity index (χ2n) is 6.49. The number of hydrogen-bond acceptors (Lipinski definition) is 4. The zero-order chi connectivity index (χ0) is 19.9. The minimum Gasteiger partial charge on any atom is -0.493 e. The largest absolute Gasteiger partial charge is 0.493 e. The molecule has 1 atom stereocenters. The van der Waals surface area contributed by atoms with Crippen LogP contribution >= 0.6 is 0 Å². The van der Waals surface area contributed by atoms with Crippen LogP contribution in [0.2, 0.25) is 0 Å². The number of carbonyl (C=O) groups excluding carboxylic acids is 3. The fourth-order valence-electron chi connectivity index (χ4n) is 3.44. The van der Waals surface area contributed by atoms with Gasteiger partial charge in [-0.2, -0.15) is 0 Å². The number of hydrogen-bond donors (Lipinski definition) is 2. The van der Waals surface area contributed by atoms with E-state index in [1.807, 2.05) is 0 Å². The van der Waals surface area contributed by atoms with Gasteiger partial charge in [-0.3, -0.25) is 14.5 Å². The van der Waals surface area contributed by atoms with Gasteiger partial charge in [0, 0.05) is 18.1 Å². The Morgan fingerprint density at radius 1 is 1.21 bits per heavy atom. The lowest BCUT2D eigenvalue weighted by Gasteiger charge is -2.33. The lowest BCUT2D eigenvalue weighted by Crippen LogP contribution is -2.48. The highest BCUT2D eigenvalue weighted by molar-refractivity contribution is 6.10. The molecule has 4 amide bonds. The number of amides is 4. The number of rotatable bonds is 3. The molecule has 2 aromatic rings. The number of urea groups is 1. The van der Waals surface area contributed by atoms with Gasteiger partial charge in [-0.05, 0) is 18.2 Å². The fourth-order valence-corrected chi connectivity index (χ4v) is 3.44. The summed E-state index contributed by atoms with van der Waals surface area (Å²) >= 11 is 0. The molecule has 0 aromatic heterocycles. The van der Waals surface area contributed by atoms with Gasteiger partial charge in [-0.15, -0.1) is 0 Å². The second kappa shape index (κ2) is 6.59. The fraction of sp³-hybridized carbons (Fsp3) is 0.211. The van der Waals surface area contributed by atoms with Crippen molar-refractivity contribution in [3.8, 4) is 5.75 Å². The number of nitrogens with one attached hydrogen (secondary N) is 2. The summed E-state index contributed by atoms with van der Waals surface area (Å²) in [7, 11) is 0. The van der Waals surface area contributed by atoms with Crippen molar-refractivity contribution in [3.05, 3.63) is 59.7 Å². The maximum atomic E-state index is 13.7. The quantitative estimate of drug-likeness (QED) is 0.790. The normalized spacial score (nSPS) is 20.6. The number of fused-ring (bicyclic) bond motifs is 2. The molecule has 2 aliphatic rings. The van der Waals surface area contributed by atoms with Gasteiger partial charge in [0.05, 0.1) is 12.3 Å². The van der Waals surface area contributed by atoms with Crippen molar-refractivity contribution in [1.29, 1.82) is 0 Å². The predicted octanol–water partition coefficient (Wildman–Crippen LogP) is 2.13. The van der Waals surface area contributed by atoms with Crippen LogP contribution in [0, 0.1) is 11.6 Å². The minimum atomic E-state index is -1.31. The third-order valence-electron chi connectivity index (χ3n) is 4.76. The van der Waals surface area contributed by atoms with Crippen molar-refractivity contribution in [3.63, 3.8) is 0 Å². The summed E-state index contributed by atoms with van der Waals surface area (Å²) in [6.45, 7) is -0.414. The molecule has 9 heteroatoms. The lowest BCUT2D eigenvalue weighted by molar-refractivity contribution is -0.135. The molecule has 1 unspecified atom stereocenters. The molecule has 2 aliphatic heterocycles. The highest BCUT2D eigenvalue weighted by Gasteiger charge is 2.55. The molecule has 7 nitrogen and oxygen atoms in total. The van der Waals surface area contributed by atoms with Crippen molar-refractivity contribution in [2.75, 3.05) is 18.5 Å². The number of ether oxygens (including phenoxy) is 1. The first kappa shape index (κ1) is 17.9. The van der Waals surface area contributed by atoms with Crippen LogP contribution in [0.15, 0.2) is 42.5 Å². The standard InChI is InChI=1S/C19H15F2N3O4/c20-11-5-6-13(21)14(9-11)22-16(25)10-24-17(26)19(23-18(24)27)7-8-28-15-4-2-1-3-12(15)19/h1-6,9H,7-8,10H2,(H,22,25)(H,23,27). The summed E-state index contributed by atoms with van der Waals surface area (Å²) in [6.07, 6.45) is 0.214. The van der Waals surface area contributed by atoms with Crippen LogP contribution in [-0.4, -0.2) is 35.9 Å². The average Bonchev–Trinajstić information content (AvgIpc) is 2.90. The molecule has 28 heavy (non-hydrogen) atoms. The van der Waals surface area contributed by atoms with E-state index in [-0.39, 0.29) is 18.7 Å². The Labute approximate surface area is 158 Å². The summed E-state index contributed by atoms with van der Waals surface area (Å²) in [5.41, 5.74) is -1.17. The molecule has 1 spiro atoms. The monoisotopic (exact) mass is 387 g/mol. The molecule has 2 N–H and O–H groups in total. The lowest BCUT2D eigenvalue weighted by atomic mass is 9.84. The first-order chi connectivity index (χ1) is 13.4. The Kier molecular flexibility index (Phi) is 4.21. The van der Waals surface area contributed by atoms with Crippen molar-refractivity contribution in [1.82, 2.24) is 10.2 Å². The molecule has 1 fully saturated rings. The number of imide groups is 1. The van der Waals surface area contributed by atoms with Crippen molar-refractivity contribution >= 4 is 23.5 Å². The van der Waals surface area contributed by atoms with E-state index >= 15 is 0 Å². The van der Waals surface area contributed by atoms with Gasteiger partial charge < -0.3 is 15.4 Å². The maximum Gasteiger partial charge on any atom is 0.325 e. The van der Waals surface area contributed by atoms with E-state index in [1.165, 1.54) is 0 Å². The highest BCUT2D eigenvalue weighted by atomic mass is 19.1. The number of halogens is 2. The van der Waals surface area contributed by atoms with Crippen LogP contribution < -0.4 is 15.4 Å². The molecule has 0 bridgehead atoms. The molecular weight excluding hydrogens is 372 g/mol. The highest BCUT2D eigenvalue weighted by Crippen LogP contribution is 2.40. The van der Waals surface area contributed by atoms with Crippen molar-refractivity contribution in [2.45, 2.75) is 12.0 Å². The van der Waals surface area contributed by atoms with E-state index in [1.54, 1.807) is 24.3 Å². The first-order valence-electron chi connectivity index (χ1n) is 8.52. The van der Waals surface area contributed by atoms with Gasteiger partial charge in [-0.25, -0.2) is 13.6 Å². The smallest absolute Gasteiger partial charge is 0.325 e. The second-order valence-corrected chi connectivity index (χ2v) is 6.49. The SMILES string of the molecule is O=C(CN1C(=O)NC2(CCOc3ccccc32)C1=O)Nc1cc(F)ccc1F. The summed E-state index contributed by atoms with van der Waals surface area (Å²) in [6, 6.07) is 8.69. The molecule has 2 aromatic carbocycles. The molecule has 2 heterocycles. The van der Waals surface area contributed by atoms with Gasteiger partial charge in [0.25, 0.3) is 5.91 Å². The van der Waals surface area contributed by atoms with Gasteiger partial charge in [0.2, 0.25) is 5.91 Å². The molecule has 144 valence electrons. The van der Waals surface area contributed by atoms with E-state index in [2.05, 4.69) is 10.6 Å². The van der Waals surface area contributed by atoms with E-state index in [0.29, 0.717) is 11.3 Å². The number of para-hydroxylation sites is 1. The Morgan fingerprint density at radius 2 is 2.00 bits per heavy atom. The summed E-state index contributed by atoms with van der Waals surface area (Å²) < 4.78 is 32.5. The van der Waals surface area contributed by atoms with E-state index < -0.39 is 41.6 Å². The number of nitrogens with zero attached hydrogens (tertiary/aromatic N) is 1. The van der Waals surface area contributed by atoms with Crippen LogP contribution in [0.1, 0.15) is 12.0 Å². The van der Waals surface area contributed by atoms with Crippen LogP contribution in [0.5, 0.6) is 5.75 Å². The summed E-state index contributed by atoms with van der Waals surface area (Å²) in [4.78, 5) is 38.5. The molecule has 0 aliphatic carbocycles. The summed E-state index contributed by atoms with van der Waals surface area (Å²) in [5, 5.41) is 4.84. The third-order valence-corrected chi connectivity index (χ3v) is 4.76. The average molecular weight is 387 g/mol. The number of anilines is 1. The minimum absolute atomic E-state index is 0.214.